The van der Waals surface area contributed by atoms with Crippen LogP contribution < -0.4 is 0 Å². The zero-order valence-electron chi connectivity index (χ0n) is 12.5. The Morgan fingerprint density at radius 1 is 1.35 bits per heavy atom. The molecule has 0 atom stereocenters. The first-order chi connectivity index (χ1) is 9.68. The molecule has 3 nitrogen and oxygen atoms in total. The summed E-state index contributed by atoms with van der Waals surface area (Å²) in [6, 6.07) is 0.508. The summed E-state index contributed by atoms with van der Waals surface area (Å²) in [4.78, 5) is 2.31. The minimum absolute atomic E-state index is 0.508. The van der Waals surface area contributed by atoms with Crippen LogP contribution in [0.2, 0.25) is 0 Å². The highest BCUT2D eigenvalue weighted by molar-refractivity contribution is 5.04. The van der Waals surface area contributed by atoms with Crippen LogP contribution in [0.4, 0.5) is 4.39 Å². The number of piperidine rings is 1. The Morgan fingerprint density at radius 2 is 2.10 bits per heavy atom. The third-order valence-corrected chi connectivity index (χ3v) is 4.88. The van der Waals surface area contributed by atoms with E-state index in [1.54, 1.807) is 0 Å². The summed E-state index contributed by atoms with van der Waals surface area (Å²) in [7, 11) is 0. The number of aryl methyl sites for hydroxylation is 1. The average molecular weight is 279 g/mol. The van der Waals surface area contributed by atoms with E-state index < -0.39 is 5.67 Å². The molecule has 1 aliphatic carbocycles. The van der Waals surface area contributed by atoms with Crippen LogP contribution in [0.15, 0.2) is 12.4 Å². The minimum Gasteiger partial charge on any atom is -0.300 e. The molecule has 0 aromatic carbocycles. The molecule has 0 bridgehead atoms. The van der Waals surface area contributed by atoms with Crippen LogP contribution in [-0.2, 0) is 6.42 Å². The van der Waals surface area contributed by atoms with Gasteiger partial charge in [-0.1, -0.05) is 13.3 Å². The first-order valence-electron chi connectivity index (χ1n) is 8.13. The highest BCUT2D eigenvalue weighted by Crippen LogP contribution is 2.37. The molecule has 1 saturated heterocycles. The molecule has 0 unspecified atom stereocenters. The zero-order chi connectivity index (χ0) is 14.0. The van der Waals surface area contributed by atoms with Crippen molar-refractivity contribution in [2.45, 2.75) is 63.6 Å². The summed E-state index contributed by atoms with van der Waals surface area (Å²) in [6.45, 7) is 4.88. The summed E-state index contributed by atoms with van der Waals surface area (Å²) in [5.41, 5.74) is 0.472. The summed E-state index contributed by atoms with van der Waals surface area (Å²) < 4.78 is 16.3. The van der Waals surface area contributed by atoms with Crippen molar-refractivity contribution in [1.29, 1.82) is 0 Å². The quantitative estimate of drug-likeness (QED) is 0.824. The maximum Gasteiger partial charge on any atom is 0.123 e. The van der Waals surface area contributed by atoms with Gasteiger partial charge < -0.3 is 4.90 Å². The van der Waals surface area contributed by atoms with Gasteiger partial charge in [-0.2, -0.15) is 5.10 Å². The van der Waals surface area contributed by atoms with Gasteiger partial charge in [0.25, 0.3) is 0 Å². The highest BCUT2D eigenvalue weighted by atomic mass is 19.1. The maximum atomic E-state index is 14.1. The SMILES string of the molecule is CCCc1cnn(C2CCN(CC3(F)CCC3)CC2)c1. The van der Waals surface area contributed by atoms with Crippen LogP contribution in [-0.4, -0.2) is 40.0 Å². The van der Waals surface area contributed by atoms with Crippen LogP contribution in [0.3, 0.4) is 0 Å². The number of alkyl halides is 1. The molecule has 1 aromatic heterocycles. The van der Waals surface area contributed by atoms with Gasteiger partial charge in [0.2, 0.25) is 0 Å². The van der Waals surface area contributed by atoms with E-state index in [1.807, 2.05) is 6.20 Å². The lowest BCUT2D eigenvalue weighted by Crippen LogP contribution is -2.47. The van der Waals surface area contributed by atoms with Gasteiger partial charge in [-0.25, -0.2) is 4.39 Å². The highest BCUT2D eigenvalue weighted by Gasteiger charge is 2.39. The molecule has 4 heteroatoms. The van der Waals surface area contributed by atoms with E-state index in [4.69, 9.17) is 0 Å². The molecule has 112 valence electrons. The van der Waals surface area contributed by atoms with Gasteiger partial charge >= 0.3 is 0 Å². The molecular weight excluding hydrogens is 253 g/mol. The van der Waals surface area contributed by atoms with Crippen LogP contribution in [0.25, 0.3) is 0 Å². The molecule has 1 aromatic rings. The van der Waals surface area contributed by atoms with Crippen LogP contribution in [0.1, 0.15) is 57.1 Å². The summed E-state index contributed by atoms with van der Waals surface area (Å²) in [6.07, 6.45) is 11.3. The molecular formula is C16H26FN3. The first-order valence-corrected chi connectivity index (χ1v) is 8.13. The third-order valence-electron chi connectivity index (χ3n) is 4.88. The first kappa shape index (κ1) is 14.1. The summed E-state index contributed by atoms with van der Waals surface area (Å²) >= 11 is 0. The van der Waals surface area contributed by atoms with Crippen LogP contribution >= 0.6 is 0 Å². The fourth-order valence-corrected chi connectivity index (χ4v) is 3.46. The normalized spacial score (nSPS) is 23.7. The number of aromatic nitrogens is 2. The molecule has 0 radical (unpaired) electrons. The second-order valence-corrected chi connectivity index (χ2v) is 6.59. The maximum absolute atomic E-state index is 14.1. The smallest absolute Gasteiger partial charge is 0.123 e. The molecule has 20 heavy (non-hydrogen) atoms. The number of hydrogen-bond donors (Lipinski definition) is 0. The van der Waals surface area contributed by atoms with Crippen molar-refractivity contribution in [2.75, 3.05) is 19.6 Å². The zero-order valence-corrected chi connectivity index (χ0v) is 12.5. The van der Waals surface area contributed by atoms with Crippen molar-refractivity contribution >= 4 is 0 Å². The number of rotatable bonds is 5. The van der Waals surface area contributed by atoms with Crippen molar-refractivity contribution < 1.29 is 4.39 Å². The van der Waals surface area contributed by atoms with Crippen molar-refractivity contribution in [3.63, 3.8) is 0 Å². The van der Waals surface area contributed by atoms with Gasteiger partial charge in [0.15, 0.2) is 0 Å². The Bertz CT molecular complexity index is 431. The number of halogens is 1. The molecule has 2 heterocycles. The van der Waals surface area contributed by atoms with Crippen molar-refractivity contribution in [3.8, 4) is 0 Å². The van der Waals surface area contributed by atoms with Gasteiger partial charge in [-0.3, -0.25) is 4.68 Å². The molecule has 2 fully saturated rings. The van der Waals surface area contributed by atoms with Gasteiger partial charge in [0.1, 0.15) is 5.67 Å². The van der Waals surface area contributed by atoms with E-state index >= 15 is 0 Å². The van der Waals surface area contributed by atoms with Gasteiger partial charge in [0.05, 0.1) is 12.2 Å². The second kappa shape index (κ2) is 5.84. The Balaban J connectivity index is 1.50. The predicted molar refractivity (Wildman–Crippen MR) is 78.6 cm³/mol. The van der Waals surface area contributed by atoms with E-state index in [-0.39, 0.29) is 0 Å². The molecule has 1 saturated carbocycles. The Labute approximate surface area is 121 Å². The van der Waals surface area contributed by atoms with Crippen LogP contribution in [0, 0.1) is 0 Å². The molecule has 0 amide bonds. The fraction of sp³-hybridized carbons (Fsp3) is 0.812. The van der Waals surface area contributed by atoms with Gasteiger partial charge in [-0.15, -0.1) is 0 Å². The largest absolute Gasteiger partial charge is 0.300 e. The van der Waals surface area contributed by atoms with Gasteiger partial charge in [0, 0.05) is 25.8 Å². The number of nitrogens with zero attached hydrogens (tertiary/aromatic N) is 3. The predicted octanol–water partition coefficient (Wildman–Crippen LogP) is 3.36. The number of likely N-dealkylation sites (tertiary alicyclic amines) is 1. The second-order valence-electron chi connectivity index (χ2n) is 6.59. The minimum atomic E-state index is -0.868. The summed E-state index contributed by atoms with van der Waals surface area (Å²) in [5.74, 6) is 0. The van der Waals surface area contributed by atoms with E-state index in [1.165, 1.54) is 12.0 Å². The Morgan fingerprint density at radius 3 is 2.70 bits per heavy atom. The lowest BCUT2D eigenvalue weighted by molar-refractivity contribution is 0.0102. The Kier molecular flexibility index (Phi) is 4.11. The molecule has 2 aliphatic rings. The fourth-order valence-electron chi connectivity index (χ4n) is 3.46. The molecule has 0 N–H and O–H groups in total. The van der Waals surface area contributed by atoms with E-state index in [2.05, 4.69) is 27.8 Å². The van der Waals surface area contributed by atoms with E-state index in [9.17, 15) is 4.39 Å². The third kappa shape index (κ3) is 3.05. The molecule has 3 rings (SSSR count). The topological polar surface area (TPSA) is 21.1 Å². The van der Waals surface area contributed by atoms with Crippen molar-refractivity contribution in [1.82, 2.24) is 14.7 Å². The monoisotopic (exact) mass is 279 g/mol. The lowest BCUT2D eigenvalue weighted by Gasteiger charge is -2.41. The van der Waals surface area contributed by atoms with Crippen molar-refractivity contribution in [2.24, 2.45) is 0 Å². The standard InChI is InChI=1S/C16H26FN3/c1-2-4-14-11-18-20(12-14)15-5-9-19(10-6-15)13-16(17)7-3-8-16/h11-12,15H,2-10,13H2,1H3. The van der Waals surface area contributed by atoms with E-state index in [0.29, 0.717) is 12.6 Å². The van der Waals surface area contributed by atoms with E-state index in [0.717, 1.165) is 51.6 Å². The summed E-state index contributed by atoms with van der Waals surface area (Å²) in [5, 5.41) is 4.51. The Hall–Kier alpha value is -0.900. The van der Waals surface area contributed by atoms with Crippen molar-refractivity contribution in [3.05, 3.63) is 18.0 Å². The number of hydrogen-bond acceptors (Lipinski definition) is 2. The molecule has 0 spiro atoms. The van der Waals surface area contributed by atoms with Crippen LogP contribution in [0.5, 0.6) is 0 Å². The average Bonchev–Trinajstić information content (AvgIpc) is 2.87. The lowest BCUT2D eigenvalue weighted by atomic mass is 9.81. The van der Waals surface area contributed by atoms with Gasteiger partial charge in [-0.05, 0) is 44.1 Å². The molecule has 1 aliphatic heterocycles.